The van der Waals surface area contributed by atoms with Gasteiger partial charge in [0.2, 0.25) is 0 Å². The molecule has 0 aromatic rings. The second kappa shape index (κ2) is 4.12. The van der Waals surface area contributed by atoms with Gasteiger partial charge in [0.25, 0.3) is 0 Å². The summed E-state index contributed by atoms with van der Waals surface area (Å²) < 4.78 is 0. The van der Waals surface area contributed by atoms with Crippen LogP contribution in [0, 0.1) is 0 Å². The topological polar surface area (TPSA) is 17.1 Å². The van der Waals surface area contributed by atoms with Crippen LogP contribution in [0.4, 0.5) is 0 Å². The van der Waals surface area contributed by atoms with Gasteiger partial charge in [-0.05, 0) is 26.2 Å². The van der Waals surface area contributed by atoms with Gasteiger partial charge in [-0.2, -0.15) is 0 Å². The fourth-order valence-corrected chi connectivity index (χ4v) is 1.19. The molecule has 0 amide bonds. The van der Waals surface area contributed by atoms with Crippen molar-refractivity contribution in [2.24, 2.45) is 0 Å². The summed E-state index contributed by atoms with van der Waals surface area (Å²) in [7, 11) is 0. The third-order valence-corrected chi connectivity index (χ3v) is 1.82. The van der Waals surface area contributed by atoms with E-state index in [4.69, 9.17) is 0 Å². The van der Waals surface area contributed by atoms with Gasteiger partial charge in [0, 0.05) is 6.42 Å². The zero-order valence-electron chi connectivity index (χ0n) is 6.97. The summed E-state index contributed by atoms with van der Waals surface area (Å²) in [6.45, 7) is 1.63. The molecule has 0 N–H and O–H groups in total. The van der Waals surface area contributed by atoms with Crippen LogP contribution in [0.3, 0.4) is 0 Å². The average molecular weight is 150 g/mol. The van der Waals surface area contributed by atoms with E-state index < -0.39 is 0 Å². The van der Waals surface area contributed by atoms with Crippen LogP contribution in [-0.2, 0) is 4.79 Å². The number of carbonyl (C=O) groups excluding carboxylic acids is 1. The van der Waals surface area contributed by atoms with Gasteiger partial charge in [-0.1, -0.05) is 23.8 Å². The lowest BCUT2D eigenvalue weighted by Crippen LogP contribution is -1.90. The molecule has 0 aromatic carbocycles. The van der Waals surface area contributed by atoms with Crippen molar-refractivity contribution in [3.63, 3.8) is 0 Å². The lowest BCUT2D eigenvalue weighted by Gasteiger charge is -2.05. The van der Waals surface area contributed by atoms with Crippen LogP contribution in [0.1, 0.15) is 32.6 Å². The molecule has 0 fully saturated rings. The molecule has 0 saturated carbocycles. The van der Waals surface area contributed by atoms with E-state index in [9.17, 15) is 4.79 Å². The maximum Gasteiger partial charge on any atom is 0.133 e. The van der Waals surface area contributed by atoms with E-state index >= 15 is 0 Å². The molecule has 60 valence electrons. The summed E-state index contributed by atoms with van der Waals surface area (Å²) in [5.41, 5.74) is 1.33. The lowest BCUT2D eigenvalue weighted by molar-refractivity contribution is -0.116. The molecule has 1 aliphatic rings. The molecule has 0 spiro atoms. The fraction of sp³-hybridized carbons (Fsp3) is 0.500. The van der Waals surface area contributed by atoms with Crippen molar-refractivity contribution in [2.45, 2.75) is 32.6 Å². The molecule has 1 aliphatic carbocycles. The summed E-state index contributed by atoms with van der Waals surface area (Å²) in [6, 6.07) is 0. The predicted octanol–water partition coefficient (Wildman–Crippen LogP) is 2.63. The Morgan fingerprint density at radius 1 is 1.73 bits per heavy atom. The van der Waals surface area contributed by atoms with E-state index in [0.717, 1.165) is 6.42 Å². The number of hydrogen-bond acceptors (Lipinski definition) is 1. The summed E-state index contributed by atoms with van der Waals surface area (Å²) in [4.78, 5) is 10.6. The SMILES string of the molecule is CC(=O)C/C=C1/C=CCCC1. The smallest absolute Gasteiger partial charge is 0.133 e. The molecule has 0 aliphatic heterocycles. The van der Waals surface area contributed by atoms with Gasteiger partial charge in [-0.15, -0.1) is 0 Å². The molecule has 0 aromatic heterocycles. The summed E-state index contributed by atoms with van der Waals surface area (Å²) >= 11 is 0. The van der Waals surface area contributed by atoms with Gasteiger partial charge in [-0.3, -0.25) is 4.79 Å². The van der Waals surface area contributed by atoms with E-state index in [1.54, 1.807) is 6.92 Å². The Kier molecular flexibility index (Phi) is 3.09. The number of Topliss-reactive ketones (excluding diaryl/α,β-unsaturated/α-hetero) is 1. The van der Waals surface area contributed by atoms with Gasteiger partial charge >= 0.3 is 0 Å². The van der Waals surface area contributed by atoms with Crippen LogP contribution >= 0.6 is 0 Å². The summed E-state index contributed by atoms with van der Waals surface area (Å²) in [6.07, 6.45) is 10.5. The van der Waals surface area contributed by atoms with Gasteiger partial charge in [-0.25, -0.2) is 0 Å². The Bertz CT molecular complexity index is 199. The maximum atomic E-state index is 10.6. The van der Waals surface area contributed by atoms with Crippen LogP contribution in [0.5, 0.6) is 0 Å². The first kappa shape index (κ1) is 8.25. The van der Waals surface area contributed by atoms with Crippen LogP contribution in [0.15, 0.2) is 23.8 Å². The molecule has 0 bridgehead atoms. The third-order valence-electron chi connectivity index (χ3n) is 1.82. The van der Waals surface area contributed by atoms with Crippen molar-refractivity contribution in [3.8, 4) is 0 Å². The average Bonchev–Trinajstić information content (AvgIpc) is 2.03. The number of ketones is 1. The van der Waals surface area contributed by atoms with Crippen molar-refractivity contribution in [1.82, 2.24) is 0 Å². The molecule has 0 atom stereocenters. The fourth-order valence-electron chi connectivity index (χ4n) is 1.19. The van der Waals surface area contributed by atoms with Crippen LogP contribution in [0.25, 0.3) is 0 Å². The molecule has 0 radical (unpaired) electrons. The third kappa shape index (κ3) is 3.17. The highest BCUT2D eigenvalue weighted by Crippen LogP contribution is 2.16. The highest BCUT2D eigenvalue weighted by molar-refractivity contribution is 5.77. The van der Waals surface area contributed by atoms with Gasteiger partial charge in [0.05, 0.1) is 0 Å². The first-order valence-electron chi connectivity index (χ1n) is 4.14. The summed E-state index contributed by atoms with van der Waals surface area (Å²) in [5, 5.41) is 0. The van der Waals surface area contributed by atoms with Gasteiger partial charge in [0.15, 0.2) is 0 Å². The molecular formula is C10H14O. The van der Waals surface area contributed by atoms with Gasteiger partial charge < -0.3 is 0 Å². The first-order chi connectivity index (χ1) is 5.29. The van der Waals surface area contributed by atoms with E-state index in [1.807, 2.05) is 6.08 Å². The van der Waals surface area contributed by atoms with Crippen LogP contribution in [-0.4, -0.2) is 5.78 Å². The molecular weight excluding hydrogens is 136 g/mol. The van der Waals surface area contributed by atoms with E-state index in [1.165, 1.54) is 18.4 Å². The predicted molar refractivity (Wildman–Crippen MR) is 46.4 cm³/mol. The Morgan fingerprint density at radius 3 is 3.09 bits per heavy atom. The van der Waals surface area contributed by atoms with Crippen molar-refractivity contribution in [2.75, 3.05) is 0 Å². The number of carbonyl (C=O) groups is 1. The van der Waals surface area contributed by atoms with E-state index in [2.05, 4.69) is 12.2 Å². The lowest BCUT2D eigenvalue weighted by atomic mass is 10.0. The quantitative estimate of drug-likeness (QED) is 0.591. The maximum absolute atomic E-state index is 10.6. The van der Waals surface area contributed by atoms with Gasteiger partial charge in [0.1, 0.15) is 5.78 Å². The Balaban J connectivity index is 2.44. The number of hydrogen-bond donors (Lipinski definition) is 0. The van der Waals surface area contributed by atoms with E-state index in [-0.39, 0.29) is 5.78 Å². The second-order valence-corrected chi connectivity index (χ2v) is 2.98. The van der Waals surface area contributed by atoms with Crippen LogP contribution in [0.2, 0.25) is 0 Å². The minimum absolute atomic E-state index is 0.247. The zero-order valence-corrected chi connectivity index (χ0v) is 6.97. The Morgan fingerprint density at radius 2 is 2.55 bits per heavy atom. The number of rotatable bonds is 2. The normalized spacial score (nSPS) is 20.6. The standard InChI is InChI=1S/C10H14O/c1-9(11)7-8-10-5-3-2-4-6-10/h3,5,8H,2,4,6-7H2,1H3/b10-8-. The minimum atomic E-state index is 0.247. The number of allylic oxidation sites excluding steroid dienone is 4. The molecule has 0 unspecified atom stereocenters. The minimum Gasteiger partial charge on any atom is -0.300 e. The molecule has 1 nitrogen and oxygen atoms in total. The molecule has 0 saturated heterocycles. The molecule has 0 heterocycles. The van der Waals surface area contributed by atoms with Crippen molar-refractivity contribution in [1.29, 1.82) is 0 Å². The summed E-state index contributed by atoms with van der Waals surface area (Å²) in [5.74, 6) is 0.247. The molecule has 1 rings (SSSR count). The second-order valence-electron chi connectivity index (χ2n) is 2.98. The zero-order chi connectivity index (χ0) is 8.10. The Labute approximate surface area is 67.8 Å². The van der Waals surface area contributed by atoms with Crippen molar-refractivity contribution >= 4 is 5.78 Å². The highest BCUT2D eigenvalue weighted by Gasteiger charge is 1.98. The highest BCUT2D eigenvalue weighted by atomic mass is 16.1. The molecule has 11 heavy (non-hydrogen) atoms. The van der Waals surface area contributed by atoms with Crippen molar-refractivity contribution in [3.05, 3.63) is 23.8 Å². The monoisotopic (exact) mass is 150 g/mol. The molecule has 1 heteroatoms. The van der Waals surface area contributed by atoms with Crippen LogP contribution < -0.4 is 0 Å². The van der Waals surface area contributed by atoms with E-state index in [0.29, 0.717) is 6.42 Å². The Hall–Kier alpha value is -0.850. The largest absolute Gasteiger partial charge is 0.300 e. The van der Waals surface area contributed by atoms with Crippen molar-refractivity contribution < 1.29 is 4.79 Å². The first-order valence-corrected chi connectivity index (χ1v) is 4.14.